The molecule has 0 fully saturated rings. The molecular formula is C15H14F2N2O. The number of rotatable bonds is 2. The Morgan fingerprint density at radius 1 is 1.10 bits per heavy atom. The Kier molecular flexibility index (Phi) is 3.70. The molecule has 0 atom stereocenters. The van der Waals surface area contributed by atoms with Gasteiger partial charge in [-0.15, -0.1) is 0 Å². The average Bonchev–Trinajstić information content (AvgIpc) is 2.38. The smallest absolute Gasteiger partial charge is 0.258 e. The van der Waals surface area contributed by atoms with Crippen LogP contribution in [0.5, 0.6) is 0 Å². The highest BCUT2D eigenvalue weighted by molar-refractivity contribution is 6.05. The van der Waals surface area contributed by atoms with Crippen molar-refractivity contribution in [1.82, 2.24) is 0 Å². The molecule has 0 radical (unpaired) electrons. The number of anilines is 2. The molecule has 20 heavy (non-hydrogen) atoms. The summed E-state index contributed by atoms with van der Waals surface area (Å²) < 4.78 is 26.7. The van der Waals surface area contributed by atoms with Gasteiger partial charge in [0.15, 0.2) is 0 Å². The van der Waals surface area contributed by atoms with E-state index in [0.717, 1.165) is 17.2 Å². The molecule has 2 aromatic carbocycles. The van der Waals surface area contributed by atoms with Gasteiger partial charge in [-0.3, -0.25) is 4.79 Å². The molecule has 5 heteroatoms. The van der Waals surface area contributed by atoms with Gasteiger partial charge in [0.2, 0.25) is 0 Å². The molecule has 104 valence electrons. The lowest BCUT2D eigenvalue weighted by molar-refractivity contribution is 0.102. The monoisotopic (exact) mass is 276 g/mol. The summed E-state index contributed by atoms with van der Waals surface area (Å²) in [6.45, 7) is 3.66. The summed E-state index contributed by atoms with van der Waals surface area (Å²) in [6, 6.07) is 7.12. The third-order valence-corrected chi connectivity index (χ3v) is 3.05. The fraction of sp³-hybridized carbons (Fsp3) is 0.133. The number of nitrogens with two attached hydrogens (primary N) is 1. The van der Waals surface area contributed by atoms with E-state index in [0.29, 0.717) is 11.8 Å². The van der Waals surface area contributed by atoms with Gasteiger partial charge in [0.05, 0.1) is 11.3 Å². The van der Waals surface area contributed by atoms with Gasteiger partial charge in [-0.25, -0.2) is 8.78 Å². The van der Waals surface area contributed by atoms with Crippen LogP contribution in [0.15, 0.2) is 30.3 Å². The van der Waals surface area contributed by atoms with Crippen molar-refractivity contribution in [3.63, 3.8) is 0 Å². The number of carbonyl (C=O) groups is 1. The Morgan fingerprint density at radius 2 is 1.70 bits per heavy atom. The van der Waals surface area contributed by atoms with Crippen LogP contribution in [0.25, 0.3) is 0 Å². The zero-order valence-corrected chi connectivity index (χ0v) is 11.1. The van der Waals surface area contributed by atoms with Crippen LogP contribution >= 0.6 is 0 Å². The molecule has 2 rings (SSSR count). The van der Waals surface area contributed by atoms with Crippen molar-refractivity contribution in [2.45, 2.75) is 13.8 Å². The molecule has 0 unspecified atom stereocenters. The first-order valence-corrected chi connectivity index (χ1v) is 6.02. The van der Waals surface area contributed by atoms with E-state index in [1.54, 1.807) is 0 Å². The van der Waals surface area contributed by atoms with Crippen LogP contribution in [-0.4, -0.2) is 5.91 Å². The predicted octanol–water partition coefficient (Wildman–Crippen LogP) is 3.42. The third-order valence-electron chi connectivity index (χ3n) is 3.05. The van der Waals surface area contributed by atoms with Gasteiger partial charge >= 0.3 is 0 Å². The SMILES string of the molecule is Cc1cccc(C)c1NC(=O)c1cc(N)c(F)cc1F. The summed E-state index contributed by atoms with van der Waals surface area (Å²) in [6.07, 6.45) is 0. The number of nitrogens with one attached hydrogen (secondary N) is 1. The molecule has 0 saturated carbocycles. The van der Waals surface area contributed by atoms with Crippen LogP contribution in [0.1, 0.15) is 21.5 Å². The van der Waals surface area contributed by atoms with Gasteiger partial charge in [-0.05, 0) is 31.0 Å². The number of para-hydroxylation sites is 1. The lowest BCUT2D eigenvalue weighted by Gasteiger charge is -2.12. The molecule has 0 spiro atoms. The van der Waals surface area contributed by atoms with Gasteiger partial charge in [-0.1, -0.05) is 18.2 Å². The predicted molar refractivity (Wildman–Crippen MR) is 74.6 cm³/mol. The van der Waals surface area contributed by atoms with E-state index in [9.17, 15) is 13.6 Å². The maximum atomic E-state index is 13.6. The van der Waals surface area contributed by atoms with Crippen LogP contribution < -0.4 is 11.1 Å². The Bertz CT molecular complexity index is 664. The van der Waals surface area contributed by atoms with Crippen molar-refractivity contribution >= 4 is 17.3 Å². The van der Waals surface area contributed by atoms with Crippen molar-refractivity contribution in [1.29, 1.82) is 0 Å². The number of carbonyl (C=O) groups excluding carboxylic acids is 1. The van der Waals surface area contributed by atoms with Crippen LogP contribution in [0.2, 0.25) is 0 Å². The fourth-order valence-electron chi connectivity index (χ4n) is 1.93. The van der Waals surface area contributed by atoms with Gasteiger partial charge in [0.1, 0.15) is 11.6 Å². The number of hydrogen-bond acceptors (Lipinski definition) is 2. The third kappa shape index (κ3) is 2.61. The minimum absolute atomic E-state index is 0.266. The molecular weight excluding hydrogens is 262 g/mol. The van der Waals surface area contributed by atoms with E-state index >= 15 is 0 Å². The molecule has 3 N–H and O–H groups in total. The quantitative estimate of drug-likeness (QED) is 0.826. The number of nitrogen functional groups attached to an aromatic ring is 1. The lowest BCUT2D eigenvalue weighted by Crippen LogP contribution is -2.16. The molecule has 3 nitrogen and oxygen atoms in total. The Balaban J connectivity index is 2.36. The number of hydrogen-bond donors (Lipinski definition) is 2. The normalized spacial score (nSPS) is 10.4. The first kappa shape index (κ1) is 14.0. The summed E-state index contributed by atoms with van der Waals surface area (Å²) >= 11 is 0. The van der Waals surface area contributed by atoms with E-state index in [-0.39, 0.29) is 11.3 Å². The van der Waals surface area contributed by atoms with Crippen molar-refractivity contribution in [2.75, 3.05) is 11.1 Å². The second-order valence-corrected chi connectivity index (χ2v) is 4.57. The minimum Gasteiger partial charge on any atom is -0.396 e. The van der Waals surface area contributed by atoms with E-state index in [2.05, 4.69) is 5.32 Å². The fourth-order valence-corrected chi connectivity index (χ4v) is 1.93. The van der Waals surface area contributed by atoms with Crippen molar-refractivity contribution in [3.05, 3.63) is 58.7 Å². The molecule has 0 heterocycles. The second kappa shape index (κ2) is 5.28. The van der Waals surface area contributed by atoms with E-state index in [1.165, 1.54) is 0 Å². The average molecular weight is 276 g/mol. The van der Waals surface area contributed by atoms with Crippen LogP contribution in [0.3, 0.4) is 0 Å². The highest BCUT2D eigenvalue weighted by Crippen LogP contribution is 2.22. The van der Waals surface area contributed by atoms with E-state index < -0.39 is 17.5 Å². The van der Waals surface area contributed by atoms with Gasteiger partial charge < -0.3 is 11.1 Å². The zero-order valence-electron chi connectivity index (χ0n) is 11.1. The Labute approximate surface area is 115 Å². The molecule has 0 aliphatic heterocycles. The summed E-state index contributed by atoms with van der Waals surface area (Å²) in [4.78, 5) is 12.1. The molecule has 0 bridgehead atoms. The van der Waals surface area contributed by atoms with Crippen LogP contribution in [-0.2, 0) is 0 Å². The van der Waals surface area contributed by atoms with Crippen molar-refractivity contribution in [3.8, 4) is 0 Å². The second-order valence-electron chi connectivity index (χ2n) is 4.57. The van der Waals surface area contributed by atoms with E-state index in [1.807, 2.05) is 32.0 Å². The highest BCUT2D eigenvalue weighted by atomic mass is 19.1. The highest BCUT2D eigenvalue weighted by Gasteiger charge is 2.16. The number of amides is 1. The van der Waals surface area contributed by atoms with Crippen molar-refractivity contribution < 1.29 is 13.6 Å². The number of aryl methyl sites for hydroxylation is 2. The summed E-state index contributed by atoms with van der Waals surface area (Å²) in [5, 5.41) is 2.63. The van der Waals surface area contributed by atoms with Gasteiger partial charge in [0, 0.05) is 11.8 Å². The summed E-state index contributed by atoms with van der Waals surface area (Å²) in [5.41, 5.74) is 7.13. The Hall–Kier alpha value is -2.43. The molecule has 2 aromatic rings. The van der Waals surface area contributed by atoms with Crippen LogP contribution in [0, 0.1) is 25.5 Å². The summed E-state index contributed by atoms with van der Waals surface area (Å²) in [7, 11) is 0. The van der Waals surface area contributed by atoms with Gasteiger partial charge in [-0.2, -0.15) is 0 Å². The topological polar surface area (TPSA) is 55.1 Å². The minimum atomic E-state index is -0.944. The first-order valence-electron chi connectivity index (χ1n) is 6.02. The Morgan fingerprint density at radius 3 is 2.30 bits per heavy atom. The molecule has 0 aliphatic rings. The summed E-state index contributed by atoms with van der Waals surface area (Å²) in [5.74, 6) is -2.49. The maximum absolute atomic E-state index is 13.6. The van der Waals surface area contributed by atoms with E-state index in [4.69, 9.17) is 5.73 Å². The molecule has 1 amide bonds. The van der Waals surface area contributed by atoms with Crippen molar-refractivity contribution in [2.24, 2.45) is 0 Å². The standard InChI is InChI=1S/C15H14F2N2O/c1-8-4-3-5-9(2)14(8)19-15(20)10-6-13(18)12(17)7-11(10)16/h3-7H,18H2,1-2H3,(H,19,20). The molecule has 0 aromatic heterocycles. The number of halogens is 2. The maximum Gasteiger partial charge on any atom is 0.258 e. The largest absolute Gasteiger partial charge is 0.396 e. The molecule has 0 saturated heterocycles. The number of benzene rings is 2. The lowest BCUT2D eigenvalue weighted by atomic mass is 10.1. The molecule has 0 aliphatic carbocycles. The zero-order chi connectivity index (χ0) is 14.9. The van der Waals surface area contributed by atoms with Crippen LogP contribution in [0.4, 0.5) is 20.2 Å². The first-order chi connectivity index (χ1) is 9.40. The van der Waals surface area contributed by atoms with Gasteiger partial charge in [0.25, 0.3) is 5.91 Å².